The quantitative estimate of drug-likeness (QED) is 0.787. The molecule has 2 N–H and O–H groups in total. The van der Waals surface area contributed by atoms with E-state index in [0.717, 1.165) is 4.47 Å². The maximum Gasteiger partial charge on any atom is 0.305 e. The number of carbonyl (C=O) groups is 2. The fourth-order valence-electron chi connectivity index (χ4n) is 1.15. The van der Waals surface area contributed by atoms with Gasteiger partial charge >= 0.3 is 5.97 Å². The van der Waals surface area contributed by atoms with Gasteiger partial charge in [0, 0.05) is 16.9 Å². The van der Waals surface area contributed by atoms with Gasteiger partial charge in [-0.15, -0.1) is 0 Å². The highest BCUT2D eigenvalue weighted by Crippen LogP contribution is 2.19. The third kappa shape index (κ3) is 3.67. The summed E-state index contributed by atoms with van der Waals surface area (Å²) >= 11 is 3.22. The number of aliphatic carboxylic acids is 1. The summed E-state index contributed by atoms with van der Waals surface area (Å²) in [6.45, 7) is 0. The number of hydrogen-bond acceptors (Lipinski definition) is 3. The van der Waals surface area contributed by atoms with E-state index in [0.29, 0.717) is 12.0 Å². The van der Waals surface area contributed by atoms with Crippen LogP contribution >= 0.6 is 15.9 Å². The van der Waals surface area contributed by atoms with E-state index in [4.69, 9.17) is 5.11 Å². The number of nitrogens with one attached hydrogen (secondary N) is 1. The first-order valence-corrected chi connectivity index (χ1v) is 4.94. The Hall–Kier alpha value is -1.43. The van der Waals surface area contributed by atoms with Gasteiger partial charge in [0.25, 0.3) is 0 Å². The van der Waals surface area contributed by atoms with Crippen LogP contribution in [0.1, 0.15) is 18.0 Å². The molecule has 0 bridgehead atoms. The summed E-state index contributed by atoms with van der Waals surface area (Å²) in [5.41, 5.74) is 0.652. The second kappa shape index (κ2) is 5.45. The van der Waals surface area contributed by atoms with Crippen molar-refractivity contribution in [1.29, 1.82) is 0 Å². The van der Waals surface area contributed by atoms with Gasteiger partial charge in [-0.2, -0.15) is 0 Å². The van der Waals surface area contributed by atoms with Crippen molar-refractivity contribution in [2.24, 2.45) is 0 Å². The number of carbonyl (C=O) groups excluding carboxylic acids is 1. The average molecular weight is 273 g/mol. The molecule has 0 fully saturated rings. The van der Waals surface area contributed by atoms with Gasteiger partial charge in [0.2, 0.25) is 6.41 Å². The van der Waals surface area contributed by atoms with Crippen LogP contribution in [0, 0.1) is 0 Å². The highest BCUT2D eigenvalue weighted by molar-refractivity contribution is 9.10. The van der Waals surface area contributed by atoms with Crippen LogP contribution in [0.25, 0.3) is 0 Å². The Kier molecular flexibility index (Phi) is 4.23. The topological polar surface area (TPSA) is 79.3 Å². The van der Waals surface area contributed by atoms with Crippen LogP contribution in [-0.4, -0.2) is 22.5 Å². The third-order valence-electron chi connectivity index (χ3n) is 1.78. The fraction of sp³-hybridized carbons (Fsp3) is 0.222. The number of amides is 1. The van der Waals surface area contributed by atoms with Gasteiger partial charge in [0.05, 0.1) is 12.5 Å². The molecule has 1 heterocycles. The zero-order valence-electron chi connectivity index (χ0n) is 7.68. The SMILES string of the molecule is O=CN[C@@H](CC(=O)O)c1cncc(Br)c1. The molecule has 1 aromatic rings. The molecule has 80 valence electrons. The van der Waals surface area contributed by atoms with Crippen LogP contribution < -0.4 is 5.32 Å². The van der Waals surface area contributed by atoms with Gasteiger partial charge in [0.1, 0.15) is 0 Å². The number of carboxylic acids is 1. The molecule has 0 saturated carbocycles. The van der Waals surface area contributed by atoms with Crippen LogP contribution in [0.15, 0.2) is 22.9 Å². The fourth-order valence-corrected chi connectivity index (χ4v) is 1.53. The maximum absolute atomic E-state index is 10.6. The summed E-state index contributed by atoms with van der Waals surface area (Å²) in [5, 5.41) is 11.1. The summed E-state index contributed by atoms with van der Waals surface area (Å²) in [5.74, 6) is -0.977. The smallest absolute Gasteiger partial charge is 0.305 e. The third-order valence-corrected chi connectivity index (χ3v) is 2.21. The monoisotopic (exact) mass is 272 g/mol. The molecular formula is C9H9BrN2O3. The number of halogens is 1. The van der Waals surface area contributed by atoms with E-state index in [1.807, 2.05) is 0 Å². The molecule has 5 nitrogen and oxygen atoms in total. The van der Waals surface area contributed by atoms with Gasteiger partial charge < -0.3 is 10.4 Å². The molecule has 15 heavy (non-hydrogen) atoms. The van der Waals surface area contributed by atoms with Gasteiger partial charge in [-0.05, 0) is 27.6 Å². The number of aromatic nitrogens is 1. The summed E-state index contributed by atoms with van der Waals surface area (Å²) in [4.78, 5) is 24.8. The predicted octanol–water partition coefficient (Wildman–Crippen LogP) is 1.11. The first-order chi connectivity index (χ1) is 7.13. The molecule has 0 aliphatic rings. The summed E-state index contributed by atoms with van der Waals surface area (Å²) in [7, 11) is 0. The minimum Gasteiger partial charge on any atom is -0.481 e. The van der Waals surface area contributed by atoms with E-state index >= 15 is 0 Å². The first kappa shape index (κ1) is 11.6. The first-order valence-electron chi connectivity index (χ1n) is 4.15. The Morgan fingerprint density at radius 3 is 2.93 bits per heavy atom. The molecule has 0 saturated heterocycles. The lowest BCUT2D eigenvalue weighted by molar-refractivity contribution is -0.137. The summed E-state index contributed by atoms with van der Waals surface area (Å²) in [6, 6.07) is 1.17. The largest absolute Gasteiger partial charge is 0.481 e. The number of nitrogens with zero attached hydrogens (tertiary/aromatic N) is 1. The molecule has 0 aliphatic heterocycles. The minimum absolute atomic E-state index is 0.170. The van der Waals surface area contributed by atoms with Crippen LogP contribution in [0.3, 0.4) is 0 Å². The molecule has 6 heteroatoms. The van der Waals surface area contributed by atoms with Crippen LogP contribution in [0.5, 0.6) is 0 Å². The minimum atomic E-state index is -0.977. The molecule has 0 aromatic carbocycles. The van der Waals surface area contributed by atoms with Crippen molar-refractivity contribution in [3.05, 3.63) is 28.5 Å². The van der Waals surface area contributed by atoms with Crippen molar-refractivity contribution in [3.63, 3.8) is 0 Å². The molecule has 1 amide bonds. The number of carboxylic acid groups (broad SMARTS) is 1. The Balaban J connectivity index is 2.87. The second-order valence-corrected chi connectivity index (χ2v) is 3.79. The van der Waals surface area contributed by atoms with Crippen molar-refractivity contribution < 1.29 is 14.7 Å². The van der Waals surface area contributed by atoms with Crippen LogP contribution in [0.2, 0.25) is 0 Å². The lowest BCUT2D eigenvalue weighted by Gasteiger charge is -2.13. The number of hydrogen-bond donors (Lipinski definition) is 2. The molecule has 1 rings (SSSR count). The molecule has 0 aliphatic carbocycles. The number of rotatable bonds is 5. The van der Waals surface area contributed by atoms with Gasteiger partial charge in [-0.3, -0.25) is 14.6 Å². The lowest BCUT2D eigenvalue weighted by Crippen LogP contribution is -2.22. The van der Waals surface area contributed by atoms with Crippen LogP contribution in [-0.2, 0) is 9.59 Å². The molecule has 0 radical (unpaired) electrons. The van der Waals surface area contributed by atoms with Gasteiger partial charge in [0.15, 0.2) is 0 Å². The normalized spacial score (nSPS) is 11.8. The average Bonchev–Trinajstić information content (AvgIpc) is 2.16. The Morgan fingerprint density at radius 1 is 1.67 bits per heavy atom. The van der Waals surface area contributed by atoms with E-state index in [2.05, 4.69) is 26.2 Å². The molecule has 1 atom stereocenters. The molecule has 0 spiro atoms. The molecule has 0 unspecified atom stereocenters. The molecule has 1 aromatic heterocycles. The van der Waals surface area contributed by atoms with E-state index in [1.165, 1.54) is 6.20 Å². The maximum atomic E-state index is 10.6. The zero-order chi connectivity index (χ0) is 11.3. The van der Waals surface area contributed by atoms with Crippen molar-refractivity contribution in [1.82, 2.24) is 10.3 Å². The summed E-state index contributed by atoms with van der Waals surface area (Å²) in [6.07, 6.45) is 3.42. The second-order valence-electron chi connectivity index (χ2n) is 2.87. The molecular weight excluding hydrogens is 264 g/mol. The Morgan fingerprint density at radius 2 is 2.40 bits per heavy atom. The zero-order valence-corrected chi connectivity index (χ0v) is 9.27. The van der Waals surface area contributed by atoms with Crippen LogP contribution in [0.4, 0.5) is 0 Å². The van der Waals surface area contributed by atoms with E-state index in [-0.39, 0.29) is 6.42 Å². The van der Waals surface area contributed by atoms with E-state index in [1.54, 1.807) is 12.3 Å². The Bertz CT molecular complexity index is 370. The van der Waals surface area contributed by atoms with E-state index in [9.17, 15) is 9.59 Å². The highest BCUT2D eigenvalue weighted by atomic mass is 79.9. The lowest BCUT2D eigenvalue weighted by atomic mass is 10.1. The van der Waals surface area contributed by atoms with Crippen molar-refractivity contribution >= 4 is 28.3 Å². The van der Waals surface area contributed by atoms with Gasteiger partial charge in [-0.1, -0.05) is 0 Å². The van der Waals surface area contributed by atoms with Crippen molar-refractivity contribution in [2.45, 2.75) is 12.5 Å². The van der Waals surface area contributed by atoms with Crippen molar-refractivity contribution in [2.75, 3.05) is 0 Å². The standard InChI is InChI=1S/C9H9BrN2O3/c10-7-1-6(3-11-4-7)8(12-5-13)2-9(14)15/h1,3-5,8H,2H2,(H,12,13)(H,14,15)/t8-/m0/s1. The highest BCUT2D eigenvalue weighted by Gasteiger charge is 2.14. The predicted molar refractivity (Wildman–Crippen MR) is 56.1 cm³/mol. The van der Waals surface area contributed by atoms with E-state index < -0.39 is 12.0 Å². The number of pyridine rings is 1. The summed E-state index contributed by atoms with van der Waals surface area (Å²) < 4.78 is 0.739. The Labute approximate surface area is 94.6 Å². The van der Waals surface area contributed by atoms with Gasteiger partial charge in [-0.25, -0.2) is 0 Å². The van der Waals surface area contributed by atoms with Crippen molar-refractivity contribution in [3.8, 4) is 0 Å².